The van der Waals surface area contributed by atoms with Crippen molar-refractivity contribution in [3.63, 3.8) is 0 Å². The van der Waals surface area contributed by atoms with Gasteiger partial charge in [-0.15, -0.1) is 5.10 Å². The highest BCUT2D eigenvalue weighted by Gasteiger charge is 2.22. The van der Waals surface area contributed by atoms with Gasteiger partial charge < -0.3 is 5.32 Å². The van der Waals surface area contributed by atoms with E-state index < -0.39 is 0 Å². The van der Waals surface area contributed by atoms with Crippen LogP contribution in [0.2, 0.25) is 5.02 Å². The molecule has 3 aromatic rings. The highest BCUT2D eigenvalue weighted by atomic mass is 35.5. The monoisotopic (exact) mass is 355 g/mol. The molecule has 6 nitrogen and oxygen atoms in total. The second-order valence-corrected chi connectivity index (χ2v) is 6.46. The number of hydrogen-bond acceptors (Lipinski definition) is 4. The number of nitrogens with one attached hydrogen (secondary N) is 1. The minimum Gasteiger partial charge on any atom is -0.350 e. The van der Waals surface area contributed by atoms with Crippen LogP contribution in [0.1, 0.15) is 24.3 Å². The van der Waals surface area contributed by atoms with Crippen LogP contribution < -0.4 is 5.32 Å². The minimum atomic E-state index is -0.257. The zero-order chi connectivity index (χ0) is 17.8. The Kier molecular flexibility index (Phi) is 5.09. The third kappa shape index (κ3) is 3.85. The average Bonchev–Trinajstić information content (AvgIpc) is 3.06. The Morgan fingerprint density at radius 1 is 1.24 bits per heavy atom. The minimum absolute atomic E-state index is 0.257. The Bertz CT molecular complexity index is 859. The predicted octanol–water partition coefficient (Wildman–Crippen LogP) is 3.37. The van der Waals surface area contributed by atoms with E-state index in [1.54, 1.807) is 29.2 Å². The number of halogens is 1. The fourth-order valence-corrected chi connectivity index (χ4v) is 2.47. The fraction of sp³-hybridized carbons (Fsp3) is 0.222. The summed E-state index contributed by atoms with van der Waals surface area (Å²) >= 11 is 5.96. The van der Waals surface area contributed by atoms with Gasteiger partial charge in [0.2, 0.25) is 0 Å². The molecule has 0 atom stereocenters. The molecule has 3 rings (SSSR count). The average molecular weight is 356 g/mol. The SMILES string of the molecule is CC(C)CNC(=O)c1nnn(-c2ccc(Cl)cc2)c1-c1cccnc1. The van der Waals surface area contributed by atoms with E-state index in [4.69, 9.17) is 11.6 Å². The standard InChI is InChI=1S/C18H18ClN5O/c1-12(2)10-21-18(25)16-17(13-4-3-9-20-11-13)24(23-22-16)15-7-5-14(19)6-8-15/h3-9,11-12H,10H2,1-2H3,(H,21,25). The van der Waals surface area contributed by atoms with Crippen LogP contribution in [0.25, 0.3) is 16.9 Å². The van der Waals surface area contributed by atoms with Crippen molar-refractivity contribution >= 4 is 17.5 Å². The van der Waals surface area contributed by atoms with E-state index in [1.165, 1.54) is 0 Å². The molecule has 0 radical (unpaired) electrons. The lowest BCUT2D eigenvalue weighted by molar-refractivity contribution is 0.0944. The fourth-order valence-electron chi connectivity index (χ4n) is 2.34. The largest absolute Gasteiger partial charge is 0.350 e. The van der Waals surface area contributed by atoms with E-state index in [9.17, 15) is 4.79 Å². The van der Waals surface area contributed by atoms with Crippen molar-refractivity contribution < 1.29 is 4.79 Å². The topological polar surface area (TPSA) is 72.7 Å². The maximum atomic E-state index is 12.6. The Labute approximate surface area is 150 Å². The molecule has 2 heterocycles. The van der Waals surface area contributed by atoms with Crippen molar-refractivity contribution in [1.29, 1.82) is 0 Å². The molecule has 7 heteroatoms. The van der Waals surface area contributed by atoms with Gasteiger partial charge in [-0.1, -0.05) is 30.7 Å². The number of carbonyl (C=O) groups is 1. The smallest absolute Gasteiger partial charge is 0.274 e. The summed E-state index contributed by atoms with van der Waals surface area (Å²) in [5, 5.41) is 11.8. The molecular weight excluding hydrogens is 338 g/mol. The van der Waals surface area contributed by atoms with E-state index >= 15 is 0 Å². The first-order valence-corrected chi connectivity index (χ1v) is 8.34. The molecule has 1 aromatic carbocycles. The van der Waals surface area contributed by atoms with E-state index in [2.05, 4.69) is 20.6 Å². The summed E-state index contributed by atoms with van der Waals surface area (Å²) in [7, 11) is 0. The molecule has 0 unspecified atom stereocenters. The van der Waals surface area contributed by atoms with E-state index in [-0.39, 0.29) is 11.6 Å². The van der Waals surface area contributed by atoms with E-state index in [1.807, 2.05) is 38.1 Å². The second-order valence-electron chi connectivity index (χ2n) is 6.02. The van der Waals surface area contributed by atoms with Crippen molar-refractivity contribution in [3.8, 4) is 16.9 Å². The molecule has 0 saturated carbocycles. The second kappa shape index (κ2) is 7.44. The molecule has 0 aliphatic heterocycles. The molecule has 0 spiro atoms. The molecule has 2 aromatic heterocycles. The van der Waals surface area contributed by atoms with E-state index in [0.717, 1.165) is 11.3 Å². The van der Waals surface area contributed by atoms with Crippen molar-refractivity contribution in [1.82, 2.24) is 25.3 Å². The zero-order valence-electron chi connectivity index (χ0n) is 14.0. The van der Waals surface area contributed by atoms with Gasteiger partial charge in [0.25, 0.3) is 5.91 Å². The van der Waals surface area contributed by atoms with Crippen molar-refractivity contribution in [2.75, 3.05) is 6.54 Å². The number of benzene rings is 1. The third-order valence-electron chi connectivity index (χ3n) is 3.56. The van der Waals surface area contributed by atoms with Crippen LogP contribution in [0.15, 0.2) is 48.8 Å². The van der Waals surface area contributed by atoms with Crippen LogP contribution >= 0.6 is 11.6 Å². The first kappa shape index (κ1) is 17.1. The highest BCUT2D eigenvalue weighted by Crippen LogP contribution is 2.25. The lowest BCUT2D eigenvalue weighted by atomic mass is 10.1. The normalized spacial score (nSPS) is 10.9. The molecule has 1 N–H and O–H groups in total. The van der Waals surface area contributed by atoms with E-state index in [0.29, 0.717) is 23.2 Å². The van der Waals surface area contributed by atoms with Crippen molar-refractivity contribution in [2.45, 2.75) is 13.8 Å². The van der Waals surface area contributed by atoms with Gasteiger partial charge in [0, 0.05) is 29.5 Å². The summed E-state index contributed by atoms with van der Waals surface area (Å²) in [6.45, 7) is 4.64. The highest BCUT2D eigenvalue weighted by molar-refractivity contribution is 6.30. The Balaban J connectivity index is 2.07. The summed E-state index contributed by atoms with van der Waals surface area (Å²) in [4.78, 5) is 16.7. The van der Waals surface area contributed by atoms with Gasteiger partial charge >= 0.3 is 0 Å². The molecule has 1 amide bonds. The van der Waals surface area contributed by atoms with Crippen LogP contribution in [0.5, 0.6) is 0 Å². The zero-order valence-corrected chi connectivity index (χ0v) is 14.7. The third-order valence-corrected chi connectivity index (χ3v) is 3.81. The number of amides is 1. The summed E-state index contributed by atoms with van der Waals surface area (Å²) in [6, 6.07) is 10.9. The summed E-state index contributed by atoms with van der Waals surface area (Å²) in [5.41, 5.74) is 2.39. The number of rotatable bonds is 5. The van der Waals surface area contributed by atoms with Gasteiger partial charge in [0.05, 0.1) is 5.69 Å². The van der Waals surface area contributed by atoms with Crippen molar-refractivity contribution in [3.05, 3.63) is 59.5 Å². The Hall–Kier alpha value is -2.73. The van der Waals surface area contributed by atoms with Crippen LogP contribution in [-0.2, 0) is 0 Å². The van der Waals surface area contributed by atoms with Crippen molar-refractivity contribution in [2.24, 2.45) is 5.92 Å². The Morgan fingerprint density at radius 3 is 2.64 bits per heavy atom. The number of nitrogens with zero attached hydrogens (tertiary/aromatic N) is 4. The molecule has 0 aliphatic carbocycles. The lowest BCUT2D eigenvalue weighted by Gasteiger charge is -2.09. The van der Waals surface area contributed by atoms with Crippen LogP contribution in [0, 0.1) is 5.92 Å². The molecule has 128 valence electrons. The van der Waals surface area contributed by atoms with Gasteiger partial charge in [-0.2, -0.15) is 0 Å². The van der Waals surface area contributed by atoms with Gasteiger partial charge in [-0.05, 0) is 42.3 Å². The lowest BCUT2D eigenvalue weighted by Crippen LogP contribution is -2.28. The van der Waals surface area contributed by atoms with Gasteiger partial charge in [-0.25, -0.2) is 4.68 Å². The van der Waals surface area contributed by atoms with Gasteiger partial charge in [-0.3, -0.25) is 9.78 Å². The first-order chi connectivity index (χ1) is 12.1. The van der Waals surface area contributed by atoms with Crippen LogP contribution in [-0.4, -0.2) is 32.4 Å². The molecular formula is C18H18ClN5O. The number of carbonyl (C=O) groups excluding carboxylic acids is 1. The van der Waals surface area contributed by atoms with Gasteiger partial charge in [0.1, 0.15) is 5.69 Å². The quantitative estimate of drug-likeness (QED) is 0.761. The molecule has 0 fully saturated rings. The molecule has 0 bridgehead atoms. The number of hydrogen-bond donors (Lipinski definition) is 1. The Morgan fingerprint density at radius 2 is 2.00 bits per heavy atom. The molecule has 0 saturated heterocycles. The van der Waals surface area contributed by atoms with Crippen LogP contribution in [0.3, 0.4) is 0 Å². The maximum Gasteiger partial charge on any atom is 0.274 e. The summed E-state index contributed by atoms with van der Waals surface area (Å²) in [5.74, 6) is 0.0878. The van der Waals surface area contributed by atoms with Gasteiger partial charge in [0.15, 0.2) is 5.69 Å². The predicted molar refractivity (Wildman–Crippen MR) is 96.8 cm³/mol. The van der Waals surface area contributed by atoms with Crippen LogP contribution in [0.4, 0.5) is 0 Å². The first-order valence-electron chi connectivity index (χ1n) is 7.96. The number of aromatic nitrogens is 4. The maximum absolute atomic E-state index is 12.6. The number of pyridine rings is 1. The molecule has 0 aliphatic rings. The summed E-state index contributed by atoms with van der Waals surface area (Å²) in [6.07, 6.45) is 3.36. The molecule has 25 heavy (non-hydrogen) atoms. The summed E-state index contributed by atoms with van der Waals surface area (Å²) < 4.78 is 1.62.